The molecule has 2 aromatic heterocycles. The van der Waals surface area contributed by atoms with E-state index in [4.69, 9.17) is 4.74 Å². The van der Waals surface area contributed by atoms with E-state index in [1.54, 1.807) is 16.7 Å². The molecule has 1 aromatic carbocycles. The number of H-pyrrole nitrogens is 1. The van der Waals surface area contributed by atoms with Gasteiger partial charge in [-0.3, -0.25) is 0 Å². The smallest absolute Gasteiger partial charge is 0.348 e. The maximum Gasteiger partial charge on any atom is 0.348 e. The van der Waals surface area contributed by atoms with Crippen LogP contribution in [0.15, 0.2) is 45.4 Å². The number of nitrogens with zero attached hydrogens (tertiary/aromatic N) is 3. The van der Waals surface area contributed by atoms with Crippen LogP contribution < -0.4 is 10.4 Å². The summed E-state index contributed by atoms with van der Waals surface area (Å²) in [4.78, 5) is 12.4. The van der Waals surface area contributed by atoms with E-state index in [9.17, 15) is 13.2 Å². The lowest BCUT2D eigenvalue weighted by atomic mass is 9.94. The molecule has 4 rings (SSSR count). The summed E-state index contributed by atoms with van der Waals surface area (Å²) in [5.74, 6) is 1.30. The summed E-state index contributed by atoms with van der Waals surface area (Å²) < 4.78 is 34.8. The molecule has 8 nitrogen and oxygen atoms in total. The van der Waals surface area contributed by atoms with Gasteiger partial charge in [-0.1, -0.05) is 6.07 Å². The van der Waals surface area contributed by atoms with Gasteiger partial charge in [-0.25, -0.2) is 22.9 Å². The summed E-state index contributed by atoms with van der Waals surface area (Å²) in [6, 6.07) is 8.96. The lowest BCUT2D eigenvalue weighted by molar-refractivity contribution is 0.269. The third-order valence-electron chi connectivity index (χ3n) is 5.45. The predicted octanol–water partition coefficient (Wildman–Crippen LogP) is 2.58. The normalized spacial score (nSPS) is 16.1. The first-order valence-corrected chi connectivity index (χ1v) is 12.1. The molecule has 0 radical (unpaired) electrons. The molecular weight excluding hydrogens is 424 g/mol. The van der Waals surface area contributed by atoms with Crippen molar-refractivity contribution in [2.75, 3.05) is 20.2 Å². The molecule has 160 valence electrons. The summed E-state index contributed by atoms with van der Waals surface area (Å²) in [7, 11) is -2.15. The van der Waals surface area contributed by atoms with Gasteiger partial charge in [0, 0.05) is 19.5 Å². The van der Waals surface area contributed by atoms with Crippen LogP contribution in [0.4, 0.5) is 0 Å². The minimum absolute atomic E-state index is 0.210. The molecule has 1 saturated heterocycles. The molecule has 0 saturated carbocycles. The molecular formula is C20H24N4O4S2. The fraction of sp³-hybridized carbons (Fsp3) is 0.400. The SMILES string of the molecule is COc1ccc(C)cc1S(=O)(=O)N1CCC(Cc2n[nH]c(=O)n2-c2cccs2)CC1. The Morgan fingerprint density at radius 3 is 2.70 bits per heavy atom. The zero-order valence-electron chi connectivity index (χ0n) is 16.9. The molecule has 0 bridgehead atoms. The Morgan fingerprint density at radius 2 is 2.03 bits per heavy atom. The third-order valence-corrected chi connectivity index (χ3v) is 8.22. The van der Waals surface area contributed by atoms with E-state index >= 15 is 0 Å². The molecule has 0 spiro atoms. The number of nitrogens with one attached hydrogen (secondary N) is 1. The van der Waals surface area contributed by atoms with Crippen LogP contribution in [-0.4, -0.2) is 47.7 Å². The number of rotatable bonds is 6. The average molecular weight is 449 g/mol. The Morgan fingerprint density at radius 1 is 1.27 bits per heavy atom. The summed E-state index contributed by atoms with van der Waals surface area (Å²) >= 11 is 1.48. The predicted molar refractivity (Wildman–Crippen MR) is 115 cm³/mol. The fourth-order valence-electron chi connectivity index (χ4n) is 3.83. The molecule has 10 heteroatoms. The van der Waals surface area contributed by atoms with Crippen LogP contribution in [-0.2, 0) is 16.4 Å². The van der Waals surface area contributed by atoms with Crippen molar-refractivity contribution < 1.29 is 13.2 Å². The number of aromatic nitrogens is 3. The van der Waals surface area contributed by atoms with Gasteiger partial charge in [0.25, 0.3) is 0 Å². The van der Waals surface area contributed by atoms with Crippen LogP contribution >= 0.6 is 11.3 Å². The molecule has 30 heavy (non-hydrogen) atoms. The van der Waals surface area contributed by atoms with Gasteiger partial charge in [0.2, 0.25) is 10.0 Å². The van der Waals surface area contributed by atoms with Gasteiger partial charge < -0.3 is 4.74 Å². The summed E-state index contributed by atoms with van der Waals surface area (Å²) in [6.45, 7) is 2.72. The molecule has 1 aliphatic rings. The van der Waals surface area contributed by atoms with Crippen LogP contribution in [0.25, 0.3) is 5.00 Å². The second-order valence-corrected chi connectivity index (χ2v) is 10.3. The van der Waals surface area contributed by atoms with E-state index in [2.05, 4.69) is 10.2 Å². The zero-order valence-corrected chi connectivity index (χ0v) is 18.5. The number of aryl methyl sites for hydroxylation is 1. The minimum atomic E-state index is -3.63. The van der Waals surface area contributed by atoms with E-state index in [1.165, 1.54) is 22.8 Å². The number of aromatic amines is 1. The number of benzene rings is 1. The number of ether oxygens (including phenoxy) is 1. The van der Waals surface area contributed by atoms with Crippen LogP contribution in [0.1, 0.15) is 24.2 Å². The quantitative estimate of drug-likeness (QED) is 0.625. The highest BCUT2D eigenvalue weighted by Crippen LogP contribution is 2.31. The molecule has 1 fully saturated rings. The Balaban J connectivity index is 1.48. The fourth-order valence-corrected chi connectivity index (χ4v) is 6.28. The van der Waals surface area contributed by atoms with Crippen LogP contribution in [0.5, 0.6) is 5.75 Å². The largest absolute Gasteiger partial charge is 0.495 e. The standard InChI is InChI=1S/C20H24N4O4S2/c1-14-5-6-16(28-2)17(12-14)30(26,27)23-9-7-15(8-10-23)13-18-21-22-20(25)24(18)19-4-3-11-29-19/h3-6,11-12,15H,7-10,13H2,1-2H3,(H,22,25). The Hall–Kier alpha value is -2.43. The van der Waals surface area contributed by atoms with Gasteiger partial charge in [0.05, 0.1) is 7.11 Å². The van der Waals surface area contributed by atoms with Crippen molar-refractivity contribution in [1.82, 2.24) is 19.1 Å². The Labute approximate surface area is 179 Å². The number of methoxy groups -OCH3 is 1. The number of hydrogen-bond donors (Lipinski definition) is 1. The molecule has 3 aromatic rings. The first kappa shape index (κ1) is 20.8. The van der Waals surface area contributed by atoms with Gasteiger partial charge in [-0.15, -0.1) is 11.3 Å². The highest BCUT2D eigenvalue weighted by molar-refractivity contribution is 7.89. The topological polar surface area (TPSA) is 97.3 Å². The molecule has 1 N–H and O–H groups in total. The molecule has 0 amide bonds. The maximum atomic E-state index is 13.2. The van der Waals surface area contributed by atoms with E-state index in [0.29, 0.717) is 43.9 Å². The highest BCUT2D eigenvalue weighted by Gasteiger charge is 2.32. The number of sulfonamides is 1. The molecule has 3 heterocycles. The van der Waals surface area contributed by atoms with Crippen molar-refractivity contribution in [2.24, 2.45) is 5.92 Å². The highest BCUT2D eigenvalue weighted by atomic mass is 32.2. The number of hydrogen-bond acceptors (Lipinski definition) is 6. The van der Waals surface area contributed by atoms with E-state index in [0.717, 1.165) is 10.6 Å². The van der Waals surface area contributed by atoms with Crippen molar-refractivity contribution in [1.29, 1.82) is 0 Å². The lowest BCUT2D eigenvalue weighted by Gasteiger charge is -2.31. The monoisotopic (exact) mass is 448 g/mol. The number of piperidine rings is 1. The van der Waals surface area contributed by atoms with Crippen molar-refractivity contribution in [3.8, 4) is 10.8 Å². The first-order valence-electron chi connectivity index (χ1n) is 9.75. The van der Waals surface area contributed by atoms with Crippen molar-refractivity contribution in [2.45, 2.75) is 31.1 Å². The van der Waals surface area contributed by atoms with Crippen molar-refractivity contribution in [3.05, 3.63) is 57.6 Å². The molecule has 0 unspecified atom stereocenters. The first-order chi connectivity index (χ1) is 14.4. The maximum absolute atomic E-state index is 13.2. The van der Waals surface area contributed by atoms with Crippen LogP contribution in [0.2, 0.25) is 0 Å². The van der Waals surface area contributed by atoms with Crippen molar-refractivity contribution in [3.63, 3.8) is 0 Å². The minimum Gasteiger partial charge on any atom is -0.495 e. The second-order valence-electron chi connectivity index (χ2n) is 7.44. The van der Waals surface area contributed by atoms with Gasteiger partial charge in [-0.05, 0) is 60.9 Å². The summed E-state index contributed by atoms with van der Waals surface area (Å²) in [6.07, 6.45) is 2.04. The average Bonchev–Trinajstić information content (AvgIpc) is 3.38. The van der Waals surface area contributed by atoms with Gasteiger partial charge in [-0.2, -0.15) is 9.40 Å². The molecule has 0 atom stereocenters. The van der Waals surface area contributed by atoms with Crippen LogP contribution in [0.3, 0.4) is 0 Å². The number of thiophene rings is 1. The Bertz CT molecular complexity index is 1170. The Kier molecular flexibility index (Phi) is 5.81. The van der Waals surface area contributed by atoms with Gasteiger partial charge >= 0.3 is 5.69 Å². The van der Waals surface area contributed by atoms with E-state index in [1.807, 2.05) is 30.5 Å². The molecule has 0 aliphatic carbocycles. The van der Waals surface area contributed by atoms with Crippen LogP contribution in [0, 0.1) is 12.8 Å². The molecule has 1 aliphatic heterocycles. The third kappa shape index (κ3) is 3.94. The van der Waals surface area contributed by atoms with E-state index in [-0.39, 0.29) is 16.5 Å². The van der Waals surface area contributed by atoms with Crippen molar-refractivity contribution >= 4 is 21.4 Å². The zero-order chi connectivity index (χ0) is 21.3. The van der Waals surface area contributed by atoms with Gasteiger partial charge in [0.1, 0.15) is 21.5 Å². The summed E-state index contributed by atoms with van der Waals surface area (Å²) in [5, 5.41) is 9.48. The lowest BCUT2D eigenvalue weighted by Crippen LogP contribution is -2.39. The second kappa shape index (κ2) is 8.37. The summed E-state index contributed by atoms with van der Waals surface area (Å²) in [5.41, 5.74) is 0.619. The van der Waals surface area contributed by atoms with E-state index < -0.39 is 10.0 Å². The van der Waals surface area contributed by atoms with Gasteiger partial charge in [0.15, 0.2) is 0 Å².